The van der Waals surface area contributed by atoms with Crippen molar-refractivity contribution >= 4 is 29.2 Å². The highest BCUT2D eigenvalue weighted by Crippen LogP contribution is 2.32. The molecular formula is C13H14N2O5. The normalized spacial score (nSPS) is 18.1. The van der Waals surface area contributed by atoms with Gasteiger partial charge in [0, 0.05) is 13.0 Å². The molecule has 7 nitrogen and oxygen atoms in total. The number of nitrogen functional groups attached to an aromatic ring is 1. The topological polar surface area (TPSA) is 110 Å². The molecule has 7 heteroatoms. The first-order chi connectivity index (χ1) is 9.45. The number of esters is 1. The number of carbonyl (C=O) groups is 3. The number of aliphatic carboxylic acids is 1. The lowest BCUT2D eigenvalue weighted by atomic mass is 10.1. The molecule has 1 fully saturated rings. The van der Waals surface area contributed by atoms with Gasteiger partial charge in [-0.15, -0.1) is 0 Å². The first-order valence-electron chi connectivity index (χ1n) is 5.95. The van der Waals surface area contributed by atoms with Crippen LogP contribution in [0, 0.1) is 5.92 Å². The monoisotopic (exact) mass is 278 g/mol. The van der Waals surface area contributed by atoms with Gasteiger partial charge in [-0.2, -0.15) is 0 Å². The van der Waals surface area contributed by atoms with Crippen LogP contribution in [0.15, 0.2) is 18.2 Å². The Balaban J connectivity index is 2.37. The van der Waals surface area contributed by atoms with Crippen LogP contribution in [0.5, 0.6) is 0 Å². The Morgan fingerprint density at radius 2 is 2.15 bits per heavy atom. The predicted octanol–water partition coefficient (Wildman–Crippen LogP) is 0.493. The number of carboxylic acids is 1. The number of amides is 1. The van der Waals surface area contributed by atoms with E-state index in [0.717, 1.165) is 0 Å². The highest BCUT2D eigenvalue weighted by molar-refractivity contribution is 6.05. The lowest BCUT2D eigenvalue weighted by molar-refractivity contribution is -0.141. The summed E-state index contributed by atoms with van der Waals surface area (Å²) in [7, 11) is 1.23. The fraction of sp³-hybridized carbons (Fsp3) is 0.308. The molecule has 0 radical (unpaired) electrons. The highest BCUT2D eigenvalue weighted by atomic mass is 16.5. The van der Waals surface area contributed by atoms with E-state index >= 15 is 0 Å². The number of rotatable bonds is 3. The molecule has 0 saturated carbocycles. The second-order valence-corrected chi connectivity index (χ2v) is 4.47. The molecule has 1 unspecified atom stereocenters. The summed E-state index contributed by atoms with van der Waals surface area (Å²) < 4.78 is 4.60. The molecule has 1 aromatic rings. The van der Waals surface area contributed by atoms with Crippen molar-refractivity contribution in [3.05, 3.63) is 23.8 Å². The minimum absolute atomic E-state index is 0.0446. The predicted molar refractivity (Wildman–Crippen MR) is 70.3 cm³/mol. The molecule has 0 spiro atoms. The number of anilines is 2. The van der Waals surface area contributed by atoms with Gasteiger partial charge in [-0.3, -0.25) is 9.59 Å². The zero-order valence-electron chi connectivity index (χ0n) is 10.8. The third kappa shape index (κ3) is 2.29. The molecule has 20 heavy (non-hydrogen) atoms. The molecule has 106 valence electrons. The third-order valence-electron chi connectivity index (χ3n) is 3.25. The number of nitrogens with zero attached hydrogens (tertiary/aromatic N) is 1. The number of carboxylic acid groups (broad SMARTS) is 1. The van der Waals surface area contributed by atoms with E-state index < -0.39 is 17.9 Å². The Kier molecular flexibility index (Phi) is 3.60. The lowest BCUT2D eigenvalue weighted by Crippen LogP contribution is -2.27. The van der Waals surface area contributed by atoms with Gasteiger partial charge >= 0.3 is 11.9 Å². The fourth-order valence-corrected chi connectivity index (χ4v) is 2.18. The van der Waals surface area contributed by atoms with Gasteiger partial charge in [-0.25, -0.2) is 4.79 Å². The Labute approximate surface area is 114 Å². The molecule has 0 bridgehead atoms. The standard InChI is InChI=1S/C13H14N2O5/c1-20-13(19)8-3-2-4-9(11(8)14)15-6-7(12(17)18)5-10(15)16/h2-4,7H,5-6,14H2,1H3,(H,17,18). The SMILES string of the molecule is COC(=O)c1cccc(N2CC(C(=O)O)CC2=O)c1N. The van der Waals surface area contributed by atoms with Crippen molar-refractivity contribution < 1.29 is 24.2 Å². The zero-order chi connectivity index (χ0) is 14.9. The van der Waals surface area contributed by atoms with Crippen LogP contribution < -0.4 is 10.6 Å². The van der Waals surface area contributed by atoms with Gasteiger partial charge in [0.05, 0.1) is 30.0 Å². The van der Waals surface area contributed by atoms with Gasteiger partial charge in [0.1, 0.15) is 0 Å². The molecule has 1 saturated heterocycles. The van der Waals surface area contributed by atoms with E-state index in [1.807, 2.05) is 0 Å². The minimum Gasteiger partial charge on any atom is -0.481 e. The number of hydrogen-bond donors (Lipinski definition) is 2. The second-order valence-electron chi connectivity index (χ2n) is 4.47. The molecule has 3 N–H and O–H groups in total. The van der Waals surface area contributed by atoms with Gasteiger partial charge in [0.25, 0.3) is 0 Å². The summed E-state index contributed by atoms with van der Waals surface area (Å²) >= 11 is 0. The molecular weight excluding hydrogens is 264 g/mol. The van der Waals surface area contributed by atoms with E-state index in [1.54, 1.807) is 12.1 Å². The van der Waals surface area contributed by atoms with Crippen LogP contribution in [-0.2, 0) is 14.3 Å². The van der Waals surface area contributed by atoms with Crippen molar-refractivity contribution in [2.75, 3.05) is 24.3 Å². The molecule has 1 aliphatic heterocycles. The van der Waals surface area contributed by atoms with E-state index in [1.165, 1.54) is 18.1 Å². The maximum atomic E-state index is 11.9. The van der Waals surface area contributed by atoms with Crippen molar-refractivity contribution in [2.45, 2.75) is 6.42 Å². The molecule has 2 rings (SSSR count). The van der Waals surface area contributed by atoms with Crippen LogP contribution in [0.1, 0.15) is 16.8 Å². The van der Waals surface area contributed by atoms with Crippen molar-refractivity contribution in [3.8, 4) is 0 Å². The smallest absolute Gasteiger partial charge is 0.340 e. The van der Waals surface area contributed by atoms with E-state index in [2.05, 4.69) is 4.74 Å². The van der Waals surface area contributed by atoms with E-state index in [-0.39, 0.29) is 30.1 Å². The Bertz CT molecular complexity index is 584. The van der Waals surface area contributed by atoms with Gasteiger partial charge in [-0.1, -0.05) is 6.07 Å². The summed E-state index contributed by atoms with van der Waals surface area (Å²) in [4.78, 5) is 35.7. The van der Waals surface area contributed by atoms with Gasteiger partial charge in [-0.05, 0) is 12.1 Å². The Morgan fingerprint density at radius 3 is 2.70 bits per heavy atom. The van der Waals surface area contributed by atoms with E-state index in [9.17, 15) is 14.4 Å². The molecule has 1 amide bonds. The lowest BCUT2D eigenvalue weighted by Gasteiger charge is -2.19. The van der Waals surface area contributed by atoms with Crippen molar-refractivity contribution in [3.63, 3.8) is 0 Å². The highest BCUT2D eigenvalue weighted by Gasteiger charge is 2.36. The van der Waals surface area contributed by atoms with E-state index in [4.69, 9.17) is 10.8 Å². The molecule has 1 atom stereocenters. The summed E-state index contributed by atoms with van der Waals surface area (Å²) in [5, 5.41) is 8.96. The van der Waals surface area contributed by atoms with Crippen LogP contribution in [-0.4, -0.2) is 36.6 Å². The van der Waals surface area contributed by atoms with Crippen LogP contribution >= 0.6 is 0 Å². The quantitative estimate of drug-likeness (QED) is 0.615. The number of benzene rings is 1. The number of hydrogen-bond acceptors (Lipinski definition) is 5. The first kappa shape index (κ1) is 13.9. The van der Waals surface area contributed by atoms with Crippen molar-refractivity contribution in [1.82, 2.24) is 0 Å². The summed E-state index contributed by atoms with van der Waals surface area (Å²) in [6.45, 7) is 0.0446. The Morgan fingerprint density at radius 1 is 1.45 bits per heavy atom. The summed E-state index contributed by atoms with van der Waals surface area (Å²) in [5.74, 6) is -2.72. The number of carbonyl (C=O) groups excluding carboxylic acids is 2. The van der Waals surface area contributed by atoms with Crippen molar-refractivity contribution in [1.29, 1.82) is 0 Å². The molecule has 1 aromatic carbocycles. The molecule has 1 heterocycles. The number of nitrogens with two attached hydrogens (primary N) is 1. The summed E-state index contributed by atoms with van der Waals surface area (Å²) in [6, 6.07) is 4.63. The van der Waals surface area contributed by atoms with Crippen molar-refractivity contribution in [2.24, 2.45) is 5.92 Å². The molecule has 0 aromatic heterocycles. The van der Waals surface area contributed by atoms with Crippen LogP contribution in [0.2, 0.25) is 0 Å². The largest absolute Gasteiger partial charge is 0.481 e. The first-order valence-corrected chi connectivity index (χ1v) is 5.95. The summed E-state index contributed by atoms with van der Waals surface area (Å²) in [6.07, 6.45) is -0.0722. The van der Waals surface area contributed by atoms with Gasteiger partial charge < -0.3 is 20.5 Å². The Hall–Kier alpha value is -2.57. The van der Waals surface area contributed by atoms with Gasteiger partial charge in [0.15, 0.2) is 0 Å². The van der Waals surface area contributed by atoms with Crippen LogP contribution in [0.3, 0.4) is 0 Å². The zero-order valence-corrected chi connectivity index (χ0v) is 10.8. The second kappa shape index (κ2) is 5.20. The molecule has 1 aliphatic rings. The number of para-hydroxylation sites is 1. The van der Waals surface area contributed by atoms with Crippen LogP contribution in [0.25, 0.3) is 0 Å². The van der Waals surface area contributed by atoms with Gasteiger partial charge in [0.2, 0.25) is 5.91 Å². The maximum absolute atomic E-state index is 11.9. The molecule has 0 aliphatic carbocycles. The van der Waals surface area contributed by atoms with E-state index in [0.29, 0.717) is 5.69 Å². The average molecular weight is 278 g/mol. The average Bonchev–Trinajstić information content (AvgIpc) is 2.80. The third-order valence-corrected chi connectivity index (χ3v) is 3.25. The number of methoxy groups -OCH3 is 1. The number of ether oxygens (including phenoxy) is 1. The summed E-state index contributed by atoms with van der Waals surface area (Å²) in [5.41, 5.74) is 6.48. The fourth-order valence-electron chi connectivity index (χ4n) is 2.18. The minimum atomic E-state index is -1.02. The van der Waals surface area contributed by atoms with Crippen LogP contribution in [0.4, 0.5) is 11.4 Å². The maximum Gasteiger partial charge on any atom is 0.340 e.